The lowest BCUT2D eigenvalue weighted by Crippen LogP contribution is -2.08. The first-order chi connectivity index (χ1) is 8.47. The number of benzene rings is 1. The molecule has 2 rings (SSSR count). The molecule has 0 bridgehead atoms. The Morgan fingerprint density at radius 3 is 2.94 bits per heavy atom. The Kier molecular flexibility index (Phi) is 3.92. The Bertz CT molecular complexity index is 522. The van der Waals surface area contributed by atoms with Crippen LogP contribution in [0.5, 0.6) is 5.75 Å². The van der Waals surface area contributed by atoms with Gasteiger partial charge in [0.05, 0.1) is 18.5 Å². The van der Waals surface area contributed by atoms with Crippen LogP contribution in [0.25, 0.3) is 0 Å². The van der Waals surface area contributed by atoms with Gasteiger partial charge in [-0.2, -0.15) is 0 Å². The number of ether oxygens (including phenoxy) is 1. The standard InChI is InChI=1S/C13H18O4S/c1-18(15,16)9-3-8-17-13-5-2-4-10-11(13)6-7-12(10)14/h2,4-5,12,14H,3,6-9H2,1H3/t12-/m1/s1. The lowest BCUT2D eigenvalue weighted by Gasteiger charge is -2.11. The van der Waals surface area contributed by atoms with E-state index in [0.29, 0.717) is 13.0 Å². The van der Waals surface area contributed by atoms with E-state index in [-0.39, 0.29) is 11.9 Å². The second-order valence-electron chi connectivity index (χ2n) is 4.71. The van der Waals surface area contributed by atoms with Crippen LogP contribution in [-0.4, -0.2) is 32.1 Å². The van der Waals surface area contributed by atoms with E-state index in [2.05, 4.69) is 0 Å². The zero-order chi connectivity index (χ0) is 13.2. The maximum absolute atomic E-state index is 11.0. The van der Waals surface area contributed by atoms with Crippen LogP contribution in [0.2, 0.25) is 0 Å². The fourth-order valence-corrected chi connectivity index (χ4v) is 2.88. The van der Waals surface area contributed by atoms with Crippen LogP contribution in [0.4, 0.5) is 0 Å². The summed E-state index contributed by atoms with van der Waals surface area (Å²) in [4.78, 5) is 0. The first-order valence-corrected chi connectivity index (χ1v) is 8.14. The highest BCUT2D eigenvalue weighted by Gasteiger charge is 2.23. The zero-order valence-corrected chi connectivity index (χ0v) is 11.2. The van der Waals surface area contributed by atoms with Crippen LogP contribution >= 0.6 is 0 Å². The highest BCUT2D eigenvalue weighted by Crippen LogP contribution is 2.36. The molecule has 1 N–H and O–H groups in total. The summed E-state index contributed by atoms with van der Waals surface area (Å²) in [5.41, 5.74) is 2.00. The number of aliphatic hydroxyl groups excluding tert-OH is 1. The van der Waals surface area contributed by atoms with Crippen molar-refractivity contribution in [3.05, 3.63) is 29.3 Å². The molecular weight excluding hydrogens is 252 g/mol. The van der Waals surface area contributed by atoms with E-state index in [9.17, 15) is 13.5 Å². The van der Waals surface area contributed by atoms with E-state index in [1.165, 1.54) is 6.26 Å². The fraction of sp³-hybridized carbons (Fsp3) is 0.538. The molecule has 4 nitrogen and oxygen atoms in total. The predicted molar refractivity (Wildman–Crippen MR) is 69.5 cm³/mol. The number of rotatable bonds is 5. The minimum absolute atomic E-state index is 0.144. The van der Waals surface area contributed by atoms with Gasteiger partial charge in [0.2, 0.25) is 0 Å². The number of hydrogen-bond acceptors (Lipinski definition) is 4. The van der Waals surface area contributed by atoms with Gasteiger partial charge in [0.15, 0.2) is 0 Å². The zero-order valence-electron chi connectivity index (χ0n) is 10.4. The molecule has 0 radical (unpaired) electrons. The molecule has 1 aliphatic carbocycles. The van der Waals surface area contributed by atoms with Crippen molar-refractivity contribution in [3.63, 3.8) is 0 Å². The summed E-state index contributed by atoms with van der Waals surface area (Å²) < 4.78 is 27.6. The van der Waals surface area contributed by atoms with E-state index in [1.54, 1.807) is 0 Å². The van der Waals surface area contributed by atoms with E-state index >= 15 is 0 Å². The predicted octanol–water partition coefficient (Wildman–Crippen LogP) is 1.48. The molecule has 0 saturated heterocycles. The first-order valence-electron chi connectivity index (χ1n) is 6.08. The van der Waals surface area contributed by atoms with Crippen LogP contribution in [0.15, 0.2) is 18.2 Å². The van der Waals surface area contributed by atoms with Gasteiger partial charge in [-0.3, -0.25) is 0 Å². The van der Waals surface area contributed by atoms with Crippen LogP contribution in [0, 0.1) is 0 Å². The summed E-state index contributed by atoms with van der Waals surface area (Å²) in [5, 5.41) is 9.75. The largest absolute Gasteiger partial charge is 0.493 e. The molecule has 5 heteroatoms. The summed E-state index contributed by atoms with van der Waals surface area (Å²) in [5.74, 6) is 0.919. The molecule has 0 amide bonds. The van der Waals surface area contributed by atoms with Gasteiger partial charge >= 0.3 is 0 Å². The van der Waals surface area contributed by atoms with Gasteiger partial charge in [-0.15, -0.1) is 0 Å². The fourth-order valence-electron chi connectivity index (χ4n) is 2.24. The minimum Gasteiger partial charge on any atom is -0.493 e. The smallest absolute Gasteiger partial charge is 0.147 e. The van der Waals surface area contributed by atoms with E-state index in [0.717, 1.165) is 29.7 Å². The second kappa shape index (κ2) is 5.28. The lowest BCUT2D eigenvalue weighted by atomic mass is 10.1. The van der Waals surface area contributed by atoms with Crippen molar-refractivity contribution in [1.82, 2.24) is 0 Å². The summed E-state index contributed by atoms with van der Waals surface area (Å²) in [6.45, 7) is 0.389. The van der Waals surface area contributed by atoms with Crippen molar-refractivity contribution >= 4 is 9.84 Å². The number of fused-ring (bicyclic) bond motifs is 1. The molecule has 0 heterocycles. The molecule has 18 heavy (non-hydrogen) atoms. The Labute approximate surface area is 108 Å². The summed E-state index contributed by atoms with van der Waals surface area (Å²) in [7, 11) is -2.92. The van der Waals surface area contributed by atoms with Gasteiger partial charge in [0.1, 0.15) is 15.6 Å². The Balaban J connectivity index is 1.95. The molecule has 0 unspecified atom stereocenters. The molecule has 1 aliphatic rings. The summed E-state index contributed by atoms with van der Waals surface area (Å²) in [6.07, 6.45) is 2.88. The van der Waals surface area contributed by atoms with Crippen LogP contribution in [-0.2, 0) is 16.3 Å². The normalized spacial score (nSPS) is 18.7. The van der Waals surface area contributed by atoms with Crippen molar-refractivity contribution in [1.29, 1.82) is 0 Å². The van der Waals surface area contributed by atoms with Gasteiger partial charge in [-0.25, -0.2) is 8.42 Å². The van der Waals surface area contributed by atoms with Crippen molar-refractivity contribution in [2.75, 3.05) is 18.6 Å². The third-order valence-corrected chi connectivity index (χ3v) is 4.14. The minimum atomic E-state index is -2.92. The van der Waals surface area contributed by atoms with Gasteiger partial charge in [-0.05, 0) is 30.9 Å². The SMILES string of the molecule is CS(=O)(=O)CCCOc1cccc2c1CC[C@H]2O. The molecule has 1 atom stereocenters. The maximum atomic E-state index is 11.0. The third kappa shape index (κ3) is 3.23. The molecule has 0 fully saturated rings. The molecule has 0 spiro atoms. The number of aliphatic hydroxyl groups is 1. The quantitative estimate of drug-likeness (QED) is 0.823. The van der Waals surface area contributed by atoms with Crippen molar-refractivity contribution in [2.45, 2.75) is 25.4 Å². The average molecular weight is 270 g/mol. The first kappa shape index (κ1) is 13.4. The van der Waals surface area contributed by atoms with Gasteiger partial charge in [0.25, 0.3) is 0 Å². The number of sulfone groups is 1. The van der Waals surface area contributed by atoms with Crippen LogP contribution < -0.4 is 4.74 Å². The molecular formula is C13H18O4S. The molecule has 1 aromatic rings. The van der Waals surface area contributed by atoms with E-state index in [4.69, 9.17) is 4.74 Å². The molecule has 0 saturated carbocycles. The van der Waals surface area contributed by atoms with Crippen LogP contribution in [0.3, 0.4) is 0 Å². The molecule has 1 aromatic carbocycles. The Morgan fingerprint density at radius 1 is 1.44 bits per heavy atom. The monoisotopic (exact) mass is 270 g/mol. The van der Waals surface area contributed by atoms with Gasteiger partial charge < -0.3 is 9.84 Å². The van der Waals surface area contributed by atoms with Gasteiger partial charge in [-0.1, -0.05) is 12.1 Å². The topological polar surface area (TPSA) is 63.6 Å². The highest BCUT2D eigenvalue weighted by atomic mass is 32.2. The molecule has 100 valence electrons. The Hall–Kier alpha value is -1.07. The summed E-state index contributed by atoms with van der Waals surface area (Å²) in [6, 6.07) is 5.65. The lowest BCUT2D eigenvalue weighted by molar-refractivity contribution is 0.180. The average Bonchev–Trinajstić information content (AvgIpc) is 2.67. The maximum Gasteiger partial charge on any atom is 0.147 e. The molecule has 0 aromatic heterocycles. The van der Waals surface area contributed by atoms with E-state index in [1.807, 2.05) is 18.2 Å². The summed E-state index contributed by atoms with van der Waals surface area (Å²) >= 11 is 0. The molecule has 0 aliphatic heterocycles. The highest BCUT2D eigenvalue weighted by molar-refractivity contribution is 7.90. The van der Waals surface area contributed by atoms with Crippen LogP contribution in [0.1, 0.15) is 30.1 Å². The van der Waals surface area contributed by atoms with Crippen molar-refractivity contribution in [2.24, 2.45) is 0 Å². The Morgan fingerprint density at radius 2 is 2.22 bits per heavy atom. The third-order valence-electron chi connectivity index (χ3n) is 3.11. The van der Waals surface area contributed by atoms with E-state index < -0.39 is 9.84 Å². The van der Waals surface area contributed by atoms with Crippen molar-refractivity contribution < 1.29 is 18.3 Å². The van der Waals surface area contributed by atoms with Gasteiger partial charge in [0, 0.05) is 11.8 Å². The second-order valence-corrected chi connectivity index (χ2v) is 6.97. The van der Waals surface area contributed by atoms with Crippen molar-refractivity contribution in [3.8, 4) is 5.75 Å². The number of hydrogen-bond donors (Lipinski definition) is 1.